The van der Waals surface area contributed by atoms with Crippen LogP contribution in [0.2, 0.25) is 0 Å². The SMILES string of the molecule is CCN(CC)CCNC(=O)NC1CC(=O)N(c2cccc(OC)c2)C1. The van der Waals surface area contributed by atoms with Gasteiger partial charge in [0, 0.05) is 37.8 Å². The lowest BCUT2D eigenvalue weighted by Crippen LogP contribution is -2.45. The summed E-state index contributed by atoms with van der Waals surface area (Å²) in [4.78, 5) is 28.2. The monoisotopic (exact) mass is 348 g/mol. The van der Waals surface area contributed by atoms with Crippen LogP contribution in [0.4, 0.5) is 10.5 Å². The number of hydrogen-bond acceptors (Lipinski definition) is 4. The Labute approximate surface area is 149 Å². The van der Waals surface area contributed by atoms with Gasteiger partial charge in [-0.15, -0.1) is 0 Å². The van der Waals surface area contributed by atoms with E-state index in [1.165, 1.54) is 0 Å². The smallest absolute Gasteiger partial charge is 0.315 e. The molecule has 0 saturated carbocycles. The second-order valence-corrected chi connectivity index (χ2v) is 6.03. The third-order valence-electron chi connectivity index (χ3n) is 4.43. The Balaban J connectivity index is 1.82. The molecular formula is C18H28N4O3. The molecule has 1 aliphatic rings. The average Bonchev–Trinajstić information content (AvgIpc) is 2.99. The standard InChI is InChI=1S/C18H28N4O3/c1-4-21(5-2)10-9-19-18(24)20-14-11-17(23)22(13-14)15-7-6-8-16(12-15)25-3/h6-8,12,14H,4-5,9-11,13H2,1-3H3,(H2,19,20,24). The molecule has 1 unspecified atom stereocenters. The zero-order valence-corrected chi connectivity index (χ0v) is 15.2. The molecule has 1 aliphatic heterocycles. The Morgan fingerprint density at radius 3 is 2.80 bits per heavy atom. The molecule has 2 rings (SSSR count). The van der Waals surface area contributed by atoms with Crippen molar-refractivity contribution in [3.05, 3.63) is 24.3 Å². The molecule has 138 valence electrons. The highest BCUT2D eigenvalue weighted by Gasteiger charge is 2.31. The number of rotatable bonds is 8. The summed E-state index contributed by atoms with van der Waals surface area (Å²) in [5.41, 5.74) is 0.788. The van der Waals surface area contributed by atoms with Crippen LogP contribution in [-0.2, 0) is 4.79 Å². The van der Waals surface area contributed by atoms with Crippen LogP contribution in [0.1, 0.15) is 20.3 Å². The molecule has 3 amide bonds. The zero-order valence-electron chi connectivity index (χ0n) is 15.2. The van der Waals surface area contributed by atoms with E-state index in [1.54, 1.807) is 12.0 Å². The van der Waals surface area contributed by atoms with Gasteiger partial charge in [-0.1, -0.05) is 19.9 Å². The normalized spacial score (nSPS) is 17.0. The lowest BCUT2D eigenvalue weighted by Gasteiger charge is -2.19. The third kappa shape index (κ3) is 5.35. The van der Waals surface area contributed by atoms with E-state index in [0.717, 1.165) is 25.3 Å². The molecule has 0 radical (unpaired) electrons. The molecule has 7 nitrogen and oxygen atoms in total. The number of urea groups is 1. The van der Waals surface area contributed by atoms with E-state index in [9.17, 15) is 9.59 Å². The number of carbonyl (C=O) groups excluding carboxylic acids is 2. The first-order valence-corrected chi connectivity index (χ1v) is 8.78. The van der Waals surface area contributed by atoms with Crippen molar-refractivity contribution in [1.82, 2.24) is 15.5 Å². The number of methoxy groups -OCH3 is 1. The summed E-state index contributed by atoms with van der Waals surface area (Å²) in [5, 5.41) is 5.74. The number of hydrogen-bond donors (Lipinski definition) is 2. The van der Waals surface area contributed by atoms with Gasteiger partial charge in [0.25, 0.3) is 0 Å². The highest BCUT2D eigenvalue weighted by Crippen LogP contribution is 2.25. The molecular weight excluding hydrogens is 320 g/mol. The quantitative estimate of drug-likeness (QED) is 0.746. The third-order valence-corrected chi connectivity index (χ3v) is 4.43. The molecule has 1 fully saturated rings. The van der Waals surface area contributed by atoms with Gasteiger partial charge in [0.1, 0.15) is 5.75 Å². The first-order chi connectivity index (χ1) is 12.1. The highest BCUT2D eigenvalue weighted by atomic mass is 16.5. The molecule has 0 bridgehead atoms. The Bertz CT molecular complexity index is 589. The second-order valence-electron chi connectivity index (χ2n) is 6.03. The van der Waals surface area contributed by atoms with Crippen LogP contribution in [-0.4, -0.2) is 62.7 Å². The molecule has 0 aliphatic carbocycles. The second kappa shape index (κ2) is 9.27. The van der Waals surface area contributed by atoms with Crippen molar-refractivity contribution >= 4 is 17.6 Å². The van der Waals surface area contributed by atoms with Gasteiger partial charge in [-0.3, -0.25) is 4.79 Å². The van der Waals surface area contributed by atoms with Crippen LogP contribution < -0.4 is 20.3 Å². The van der Waals surface area contributed by atoms with Crippen molar-refractivity contribution < 1.29 is 14.3 Å². The molecule has 7 heteroatoms. The topological polar surface area (TPSA) is 73.9 Å². The van der Waals surface area contributed by atoms with E-state index in [4.69, 9.17) is 4.74 Å². The van der Waals surface area contributed by atoms with E-state index in [1.807, 2.05) is 24.3 Å². The fourth-order valence-electron chi connectivity index (χ4n) is 2.94. The summed E-state index contributed by atoms with van der Waals surface area (Å²) in [6.45, 7) is 8.00. The summed E-state index contributed by atoms with van der Waals surface area (Å²) in [6.07, 6.45) is 0.306. The minimum absolute atomic E-state index is 0.00157. The van der Waals surface area contributed by atoms with Gasteiger partial charge in [-0.05, 0) is 25.2 Å². The summed E-state index contributed by atoms with van der Waals surface area (Å²) in [5.74, 6) is 0.706. The minimum Gasteiger partial charge on any atom is -0.497 e. The molecule has 1 atom stereocenters. The number of carbonyl (C=O) groups is 2. The lowest BCUT2D eigenvalue weighted by molar-refractivity contribution is -0.117. The number of nitrogens with one attached hydrogen (secondary N) is 2. The predicted molar refractivity (Wildman–Crippen MR) is 98.1 cm³/mol. The number of ether oxygens (including phenoxy) is 1. The van der Waals surface area contributed by atoms with Crippen LogP contribution in [0.3, 0.4) is 0 Å². The number of anilines is 1. The molecule has 1 saturated heterocycles. The molecule has 25 heavy (non-hydrogen) atoms. The number of amides is 3. The molecule has 1 aromatic carbocycles. The Hall–Kier alpha value is -2.28. The number of nitrogens with zero attached hydrogens (tertiary/aromatic N) is 2. The fraction of sp³-hybridized carbons (Fsp3) is 0.556. The summed E-state index contributed by atoms with van der Waals surface area (Å²) >= 11 is 0. The van der Waals surface area contributed by atoms with Gasteiger partial charge >= 0.3 is 6.03 Å². The van der Waals surface area contributed by atoms with Crippen molar-refractivity contribution in [1.29, 1.82) is 0 Å². The largest absolute Gasteiger partial charge is 0.497 e. The van der Waals surface area contributed by atoms with E-state index in [-0.39, 0.29) is 18.0 Å². The highest BCUT2D eigenvalue weighted by molar-refractivity contribution is 5.97. The van der Waals surface area contributed by atoms with Gasteiger partial charge in [0.2, 0.25) is 5.91 Å². The van der Waals surface area contributed by atoms with Gasteiger partial charge in [-0.25, -0.2) is 4.79 Å². The van der Waals surface area contributed by atoms with E-state index in [2.05, 4.69) is 29.4 Å². The van der Waals surface area contributed by atoms with Crippen molar-refractivity contribution in [3.8, 4) is 5.75 Å². The molecule has 0 spiro atoms. The maximum Gasteiger partial charge on any atom is 0.315 e. The number of likely N-dealkylation sites (N-methyl/N-ethyl adjacent to an activating group) is 1. The van der Waals surface area contributed by atoms with Crippen LogP contribution in [0.15, 0.2) is 24.3 Å². The van der Waals surface area contributed by atoms with Crippen LogP contribution in [0, 0.1) is 0 Å². The Kier molecular flexibility index (Phi) is 7.06. The summed E-state index contributed by atoms with van der Waals surface area (Å²) in [6, 6.07) is 6.97. The summed E-state index contributed by atoms with van der Waals surface area (Å²) < 4.78 is 5.20. The Morgan fingerprint density at radius 1 is 1.36 bits per heavy atom. The average molecular weight is 348 g/mol. The number of benzene rings is 1. The maximum absolute atomic E-state index is 12.3. The summed E-state index contributed by atoms with van der Waals surface area (Å²) in [7, 11) is 1.60. The van der Waals surface area contributed by atoms with E-state index >= 15 is 0 Å². The van der Waals surface area contributed by atoms with Crippen molar-refractivity contribution in [2.24, 2.45) is 0 Å². The predicted octanol–water partition coefficient (Wildman–Crippen LogP) is 1.44. The molecule has 2 N–H and O–H groups in total. The molecule has 1 heterocycles. The first-order valence-electron chi connectivity index (χ1n) is 8.78. The first kappa shape index (κ1) is 19.1. The minimum atomic E-state index is -0.225. The maximum atomic E-state index is 12.3. The van der Waals surface area contributed by atoms with Crippen LogP contribution in [0.5, 0.6) is 5.75 Å². The van der Waals surface area contributed by atoms with E-state index in [0.29, 0.717) is 25.3 Å². The zero-order chi connectivity index (χ0) is 18.2. The van der Waals surface area contributed by atoms with Crippen molar-refractivity contribution in [3.63, 3.8) is 0 Å². The van der Waals surface area contributed by atoms with Gasteiger partial charge in [-0.2, -0.15) is 0 Å². The fourth-order valence-corrected chi connectivity index (χ4v) is 2.94. The molecule has 1 aromatic rings. The van der Waals surface area contributed by atoms with Crippen LogP contribution in [0.25, 0.3) is 0 Å². The van der Waals surface area contributed by atoms with Crippen molar-refractivity contribution in [2.75, 3.05) is 44.7 Å². The van der Waals surface area contributed by atoms with Crippen molar-refractivity contribution in [2.45, 2.75) is 26.3 Å². The van der Waals surface area contributed by atoms with E-state index < -0.39 is 0 Å². The van der Waals surface area contributed by atoms with Gasteiger partial charge < -0.3 is 25.2 Å². The molecule has 0 aromatic heterocycles. The van der Waals surface area contributed by atoms with Gasteiger partial charge in [0.15, 0.2) is 0 Å². The Morgan fingerprint density at radius 2 is 2.12 bits per heavy atom. The van der Waals surface area contributed by atoms with Gasteiger partial charge in [0.05, 0.1) is 13.2 Å². The van der Waals surface area contributed by atoms with Crippen LogP contribution >= 0.6 is 0 Å². The lowest BCUT2D eigenvalue weighted by atomic mass is 10.2.